The standard InChI is InChI=1S/C19H28O6/c1-6-23-17(22)14-9-12-8-13(16(21)25-18(3,4)5)11-19(10-12,15(14)20)24-7-2/h9,12-13H,6-8,10-11H2,1-5H3/t12-,13-,19-/m0/s1. The third kappa shape index (κ3) is 4.29. The highest BCUT2D eigenvalue weighted by atomic mass is 16.6. The molecule has 2 aliphatic rings. The Hall–Kier alpha value is -1.69. The number of Topliss-reactive ketones (excluding diaryl/α,β-unsaturated/α-hetero) is 1. The summed E-state index contributed by atoms with van der Waals surface area (Å²) in [5.74, 6) is -1.82. The fourth-order valence-electron chi connectivity index (χ4n) is 3.70. The minimum absolute atomic E-state index is 0.0502. The Kier molecular flexibility index (Phi) is 5.72. The van der Waals surface area contributed by atoms with Gasteiger partial charge >= 0.3 is 11.9 Å². The summed E-state index contributed by atoms with van der Waals surface area (Å²) in [6.45, 7) is 9.48. The molecule has 25 heavy (non-hydrogen) atoms. The van der Waals surface area contributed by atoms with E-state index in [1.807, 2.05) is 20.8 Å². The molecule has 2 rings (SSSR count). The predicted molar refractivity (Wildman–Crippen MR) is 90.8 cm³/mol. The summed E-state index contributed by atoms with van der Waals surface area (Å²) in [5, 5.41) is 0. The van der Waals surface area contributed by atoms with Crippen LogP contribution in [0.15, 0.2) is 11.6 Å². The second-order valence-corrected chi connectivity index (χ2v) is 7.69. The van der Waals surface area contributed by atoms with Crippen LogP contribution in [-0.4, -0.2) is 42.1 Å². The van der Waals surface area contributed by atoms with Gasteiger partial charge in [-0.1, -0.05) is 6.08 Å². The van der Waals surface area contributed by atoms with Crippen molar-refractivity contribution >= 4 is 17.7 Å². The van der Waals surface area contributed by atoms with E-state index in [1.54, 1.807) is 19.9 Å². The molecular formula is C19H28O6. The summed E-state index contributed by atoms with van der Waals surface area (Å²) < 4.78 is 16.3. The number of hydrogen-bond donors (Lipinski definition) is 0. The molecule has 0 aromatic heterocycles. The van der Waals surface area contributed by atoms with Crippen LogP contribution in [-0.2, 0) is 28.6 Å². The molecule has 140 valence electrons. The molecule has 6 heteroatoms. The van der Waals surface area contributed by atoms with Crippen LogP contribution in [0.25, 0.3) is 0 Å². The molecule has 3 atom stereocenters. The summed E-state index contributed by atoms with van der Waals surface area (Å²) >= 11 is 0. The number of ketones is 1. The lowest BCUT2D eigenvalue weighted by Crippen LogP contribution is -2.53. The summed E-state index contributed by atoms with van der Waals surface area (Å²) in [6.07, 6.45) is 2.91. The quantitative estimate of drug-likeness (QED) is 0.559. The second kappa shape index (κ2) is 7.28. The molecule has 2 bridgehead atoms. The minimum Gasteiger partial charge on any atom is -0.462 e. The maximum Gasteiger partial charge on any atom is 0.341 e. The Balaban J connectivity index is 2.30. The van der Waals surface area contributed by atoms with Crippen molar-refractivity contribution in [1.82, 2.24) is 0 Å². The number of fused-ring (bicyclic) bond motifs is 2. The number of carbonyl (C=O) groups excluding carboxylic acids is 3. The number of allylic oxidation sites excluding steroid dienone is 1. The Morgan fingerprint density at radius 3 is 2.44 bits per heavy atom. The number of ether oxygens (including phenoxy) is 3. The molecule has 2 aliphatic carbocycles. The highest BCUT2D eigenvalue weighted by Gasteiger charge is 2.53. The van der Waals surface area contributed by atoms with Gasteiger partial charge in [0.05, 0.1) is 12.5 Å². The van der Waals surface area contributed by atoms with E-state index in [9.17, 15) is 14.4 Å². The first-order valence-corrected chi connectivity index (χ1v) is 8.92. The van der Waals surface area contributed by atoms with Crippen LogP contribution in [0.5, 0.6) is 0 Å². The van der Waals surface area contributed by atoms with E-state index >= 15 is 0 Å². The molecule has 1 fully saturated rings. The van der Waals surface area contributed by atoms with E-state index in [1.165, 1.54) is 0 Å². The van der Waals surface area contributed by atoms with Gasteiger partial charge in [-0.05, 0) is 59.8 Å². The monoisotopic (exact) mass is 352 g/mol. The molecule has 0 N–H and O–H groups in total. The molecule has 0 heterocycles. The van der Waals surface area contributed by atoms with Crippen LogP contribution in [0.3, 0.4) is 0 Å². The second-order valence-electron chi connectivity index (χ2n) is 7.69. The van der Waals surface area contributed by atoms with Gasteiger partial charge in [0.1, 0.15) is 16.8 Å². The zero-order valence-corrected chi connectivity index (χ0v) is 15.7. The number of hydrogen-bond acceptors (Lipinski definition) is 6. The molecule has 0 saturated heterocycles. The van der Waals surface area contributed by atoms with Crippen LogP contribution in [0.4, 0.5) is 0 Å². The fraction of sp³-hybridized carbons (Fsp3) is 0.737. The van der Waals surface area contributed by atoms with E-state index < -0.39 is 23.1 Å². The largest absolute Gasteiger partial charge is 0.462 e. The zero-order chi connectivity index (χ0) is 18.8. The minimum atomic E-state index is -1.14. The highest BCUT2D eigenvalue weighted by molar-refractivity contribution is 6.21. The van der Waals surface area contributed by atoms with Crippen LogP contribution in [0, 0.1) is 11.8 Å². The van der Waals surface area contributed by atoms with Gasteiger partial charge in [0, 0.05) is 6.61 Å². The first kappa shape index (κ1) is 19.6. The Morgan fingerprint density at radius 1 is 1.20 bits per heavy atom. The fourth-order valence-corrected chi connectivity index (χ4v) is 3.70. The molecule has 0 spiro atoms. The van der Waals surface area contributed by atoms with Gasteiger partial charge in [-0.15, -0.1) is 0 Å². The normalized spacial score (nSPS) is 29.0. The average molecular weight is 352 g/mol. The third-order valence-electron chi connectivity index (χ3n) is 4.47. The maximum atomic E-state index is 13.0. The van der Waals surface area contributed by atoms with Crippen molar-refractivity contribution in [1.29, 1.82) is 0 Å². The lowest BCUT2D eigenvalue weighted by Gasteiger charge is -2.44. The van der Waals surface area contributed by atoms with Crippen molar-refractivity contribution in [3.05, 3.63) is 11.6 Å². The van der Waals surface area contributed by atoms with E-state index in [2.05, 4.69) is 0 Å². The third-order valence-corrected chi connectivity index (χ3v) is 4.47. The molecule has 0 amide bonds. The van der Waals surface area contributed by atoms with Gasteiger partial charge in [-0.2, -0.15) is 0 Å². The van der Waals surface area contributed by atoms with Crippen molar-refractivity contribution in [3.63, 3.8) is 0 Å². The van der Waals surface area contributed by atoms with Gasteiger partial charge in [-0.25, -0.2) is 4.79 Å². The van der Waals surface area contributed by atoms with Crippen LogP contribution in [0.2, 0.25) is 0 Å². The molecule has 0 unspecified atom stereocenters. The highest BCUT2D eigenvalue weighted by Crippen LogP contribution is 2.45. The van der Waals surface area contributed by atoms with Crippen molar-refractivity contribution in [2.45, 2.75) is 65.1 Å². The smallest absolute Gasteiger partial charge is 0.341 e. The molecule has 6 nitrogen and oxygen atoms in total. The van der Waals surface area contributed by atoms with Crippen molar-refractivity contribution in [3.8, 4) is 0 Å². The van der Waals surface area contributed by atoms with E-state index in [-0.39, 0.29) is 36.3 Å². The first-order chi connectivity index (χ1) is 11.6. The van der Waals surface area contributed by atoms with Gasteiger partial charge in [-0.3, -0.25) is 9.59 Å². The maximum absolute atomic E-state index is 13.0. The van der Waals surface area contributed by atoms with Crippen LogP contribution >= 0.6 is 0 Å². The van der Waals surface area contributed by atoms with E-state index in [0.717, 1.165) is 0 Å². The summed E-state index contributed by atoms with van der Waals surface area (Å²) in [7, 11) is 0. The van der Waals surface area contributed by atoms with Crippen LogP contribution in [0.1, 0.15) is 53.9 Å². The average Bonchev–Trinajstić information content (AvgIpc) is 2.49. The van der Waals surface area contributed by atoms with Gasteiger partial charge in [0.15, 0.2) is 0 Å². The Morgan fingerprint density at radius 2 is 1.88 bits per heavy atom. The summed E-state index contributed by atoms with van der Waals surface area (Å²) in [4.78, 5) is 37.6. The molecule has 0 aliphatic heterocycles. The molecular weight excluding hydrogens is 324 g/mol. The van der Waals surface area contributed by atoms with Crippen molar-refractivity contribution in [2.24, 2.45) is 11.8 Å². The number of carbonyl (C=O) groups is 3. The topological polar surface area (TPSA) is 78.9 Å². The van der Waals surface area contributed by atoms with Crippen molar-refractivity contribution in [2.75, 3.05) is 13.2 Å². The lowest BCUT2D eigenvalue weighted by atomic mass is 9.65. The molecule has 0 aromatic rings. The Bertz CT molecular complexity index is 585. The SMILES string of the molecule is CCOC(=O)C1=C[C@@H]2C[C@H](C(=O)OC(C)(C)C)C[C@@](OCC)(C2)C1=O. The van der Waals surface area contributed by atoms with Gasteiger partial charge < -0.3 is 14.2 Å². The Labute approximate surface area is 148 Å². The summed E-state index contributed by atoms with van der Waals surface area (Å²) in [5.41, 5.74) is -1.68. The number of esters is 2. The van der Waals surface area contributed by atoms with Crippen LogP contribution < -0.4 is 0 Å². The van der Waals surface area contributed by atoms with E-state index in [4.69, 9.17) is 14.2 Å². The molecule has 1 saturated carbocycles. The summed E-state index contributed by atoms with van der Waals surface area (Å²) in [6, 6.07) is 0. The first-order valence-electron chi connectivity index (χ1n) is 8.92. The number of rotatable bonds is 5. The molecule has 0 radical (unpaired) electrons. The van der Waals surface area contributed by atoms with Gasteiger partial charge in [0.25, 0.3) is 0 Å². The lowest BCUT2D eigenvalue weighted by molar-refractivity contribution is -0.171. The molecule has 0 aromatic carbocycles. The zero-order valence-electron chi connectivity index (χ0n) is 15.7. The predicted octanol–water partition coefficient (Wildman–Crippen LogP) is 2.59. The van der Waals surface area contributed by atoms with Crippen molar-refractivity contribution < 1.29 is 28.6 Å². The van der Waals surface area contributed by atoms with E-state index in [0.29, 0.717) is 19.4 Å². The van der Waals surface area contributed by atoms with Gasteiger partial charge in [0.2, 0.25) is 5.78 Å².